The molecule has 1 heterocycles. The highest BCUT2D eigenvalue weighted by atomic mass is 19.4. The van der Waals surface area contributed by atoms with E-state index in [-0.39, 0.29) is 5.82 Å². The largest absolute Gasteiger partial charge is 0.419 e. The number of halogens is 3. The Morgan fingerprint density at radius 2 is 2.23 bits per heavy atom. The lowest BCUT2D eigenvalue weighted by molar-refractivity contribution is -0.137. The first-order valence-electron chi connectivity index (χ1n) is 3.73. The van der Waals surface area contributed by atoms with Crippen LogP contribution in [-0.2, 0) is 6.18 Å². The van der Waals surface area contributed by atoms with Gasteiger partial charge in [0.15, 0.2) is 0 Å². The number of nitrogens with zero attached hydrogens (tertiary/aromatic N) is 1. The Hall–Kier alpha value is -1.26. The van der Waals surface area contributed by atoms with Crippen LogP contribution in [-0.4, -0.2) is 11.5 Å². The third-order valence-electron chi connectivity index (χ3n) is 1.40. The van der Waals surface area contributed by atoms with Gasteiger partial charge in [-0.3, -0.25) is 0 Å². The summed E-state index contributed by atoms with van der Waals surface area (Å²) in [5, 5.41) is 2.53. The van der Waals surface area contributed by atoms with Crippen molar-refractivity contribution < 1.29 is 13.2 Å². The summed E-state index contributed by atoms with van der Waals surface area (Å²) in [6, 6.07) is 3.18. The van der Waals surface area contributed by atoms with E-state index in [1.54, 1.807) is 6.92 Å². The van der Waals surface area contributed by atoms with Crippen LogP contribution in [0.2, 0.25) is 0 Å². The van der Waals surface area contributed by atoms with Gasteiger partial charge in [0.05, 0.1) is 5.56 Å². The van der Waals surface area contributed by atoms with Crippen molar-refractivity contribution in [3.05, 3.63) is 23.9 Å². The maximum absolute atomic E-state index is 12.3. The third-order valence-corrected chi connectivity index (χ3v) is 1.40. The normalized spacial score (nSPS) is 11.4. The Morgan fingerprint density at radius 3 is 2.77 bits per heavy atom. The van der Waals surface area contributed by atoms with Crippen LogP contribution in [0.3, 0.4) is 0 Å². The van der Waals surface area contributed by atoms with Crippen LogP contribution in [0.5, 0.6) is 0 Å². The summed E-state index contributed by atoms with van der Waals surface area (Å²) in [6.45, 7) is 2.11. The lowest BCUT2D eigenvalue weighted by Crippen LogP contribution is -2.11. The smallest absolute Gasteiger partial charge is 0.370 e. The van der Waals surface area contributed by atoms with Gasteiger partial charge in [-0.15, -0.1) is 0 Å². The van der Waals surface area contributed by atoms with Gasteiger partial charge in [-0.2, -0.15) is 13.2 Å². The molecule has 0 amide bonds. The molecule has 0 aliphatic heterocycles. The second-order valence-electron chi connectivity index (χ2n) is 2.36. The maximum atomic E-state index is 12.3. The average Bonchev–Trinajstić information content (AvgIpc) is 2.04. The Bertz CT molecular complexity index is 283. The number of nitrogens with one attached hydrogen (secondary N) is 1. The molecule has 0 atom stereocenters. The van der Waals surface area contributed by atoms with Crippen molar-refractivity contribution in [1.82, 2.24) is 4.98 Å². The van der Waals surface area contributed by atoms with E-state index in [4.69, 9.17) is 0 Å². The average molecular weight is 189 g/mol. The van der Waals surface area contributed by atoms with Gasteiger partial charge in [-0.05, 0) is 13.0 Å². The molecule has 1 aromatic rings. The van der Waals surface area contributed by atoms with E-state index in [9.17, 15) is 13.2 Å². The number of anilines is 1. The molecule has 0 saturated heterocycles. The Morgan fingerprint density at radius 1 is 1.54 bits per heavy atom. The van der Waals surface area contributed by atoms with Gasteiger partial charge in [0.1, 0.15) is 5.82 Å². The SMILES string of the molecule is CCNc1nc[c]cc1C(F)(F)F. The third kappa shape index (κ3) is 2.34. The number of hydrogen-bond donors (Lipinski definition) is 1. The topological polar surface area (TPSA) is 24.9 Å². The van der Waals surface area contributed by atoms with Crippen molar-refractivity contribution in [3.8, 4) is 0 Å². The number of hydrogen-bond acceptors (Lipinski definition) is 2. The summed E-state index contributed by atoms with van der Waals surface area (Å²) in [4.78, 5) is 3.55. The summed E-state index contributed by atoms with van der Waals surface area (Å²) in [6.07, 6.45) is -3.17. The minimum absolute atomic E-state index is 0.145. The number of aromatic nitrogens is 1. The van der Waals surface area contributed by atoms with Crippen LogP contribution in [0.15, 0.2) is 12.3 Å². The molecule has 0 spiro atoms. The molecule has 0 fully saturated rings. The second-order valence-corrected chi connectivity index (χ2v) is 2.36. The number of rotatable bonds is 2. The molecule has 0 bridgehead atoms. The van der Waals surface area contributed by atoms with Crippen LogP contribution in [0, 0.1) is 6.07 Å². The van der Waals surface area contributed by atoms with E-state index in [1.807, 2.05) is 0 Å². The molecule has 0 saturated carbocycles. The first-order valence-corrected chi connectivity index (χ1v) is 3.73. The Kier molecular flexibility index (Phi) is 2.75. The minimum atomic E-state index is -4.37. The van der Waals surface area contributed by atoms with E-state index in [2.05, 4.69) is 16.4 Å². The van der Waals surface area contributed by atoms with Crippen LogP contribution < -0.4 is 5.32 Å². The molecule has 0 aliphatic rings. The Labute approximate surface area is 73.8 Å². The standard InChI is InChI=1S/C8H8F3N2/c1-2-12-7-6(8(9,10)11)4-3-5-13-7/h4-5H,2H2,1H3,(H,12,13). The fourth-order valence-corrected chi connectivity index (χ4v) is 0.885. The summed E-state index contributed by atoms with van der Waals surface area (Å²) >= 11 is 0. The van der Waals surface area contributed by atoms with Gasteiger partial charge in [0.2, 0.25) is 0 Å². The zero-order valence-electron chi connectivity index (χ0n) is 6.94. The van der Waals surface area contributed by atoms with Gasteiger partial charge >= 0.3 is 6.18 Å². The zero-order chi connectivity index (χ0) is 9.90. The number of pyridine rings is 1. The molecule has 0 aromatic carbocycles. The van der Waals surface area contributed by atoms with Gasteiger partial charge in [-0.1, -0.05) is 0 Å². The van der Waals surface area contributed by atoms with Crippen LogP contribution in [0.4, 0.5) is 19.0 Å². The molecule has 71 valence electrons. The predicted octanol–water partition coefficient (Wildman–Crippen LogP) is 2.33. The van der Waals surface area contributed by atoms with Crippen molar-refractivity contribution in [2.45, 2.75) is 13.1 Å². The van der Waals surface area contributed by atoms with Crippen LogP contribution in [0.25, 0.3) is 0 Å². The summed E-state index contributed by atoms with van der Waals surface area (Å²) < 4.78 is 36.8. The quantitative estimate of drug-likeness (QED) is 0.772. The lowest BCUT2D eigenvalue weighted by Gasteiger charge is -2.11. The van der Waals surface area contributed by atoms with E-state index in [0.717, 1.165) is 6.07 Å². The van der Waals surface area contributed by atoms with Gasteiger partial charge < -0.3 is 5.32 Å². The Balaban J connectivity index is 3.05. The first-order chi connectivity index (χ1) is 6.05. The van der Waals surface area contributed by atoms with Crippen molar-refractivity contribution in [2.24, 2.45) is 0 Å². The predicted molar refractivity (Wildman–Crippen MR) is 42.2 cm³/mol. The molecule has 0 aliphatic carbocycles. The monoisotopic (exact) mass is 189 g/mol. The highest BCUT2D eigenvalue weighted by Gasteiger charge is 2.33. The van der Waals surface area contributed by atoms with E-state index in [1.165, 1.54) is 6.20 Å². The lowest BCUT2D eigenvalue weighted by atomic mass is 10.2. The van der Waals surface area contributed by atoms with Crippen molar-refractivity contribution in [3.63, 3.8) is 0 Å². The van der Waals surface area contributed by atoms with Gasteiger partial charge in [0.25, 0.3) is 0 Å². The van der Waals surface area contributed by atoms with Crippen molar-refractivity contribution >= 4 is 5.82 Å². The summed E-state index contributed by atoms with van der Waals surface area (Å²) in [5.74, 6) is -0.145. The molecule has 1 rings (SSSR count). The first kappa shape index (κ1) is 9.83. The number of alkyl halides is 3. The molecule has 13 heavy (non-hydrogen) atoms. The molecule has 0 unspecified atom stereocenters. The van der Waals surface area contributed by atoms with E-state index in [0.29, 0.717) is 6.54 Å². The minimum Gasteiger partial charge on any atom is -0.370 e. The fraction of sp³-hybridized carbons (Fsp3) is 0.375. The van der Waals surface area contributed by atoms with Crippen LogP contribution in [0.1, 0.15) is 12.5 Å². The molecular weight excluding hydrogens is 181 g/mol. The van der Waals surface area contributed by atoms with Crippen molar-refractivity contribution in [2.75, 3.05) is 11.9 Å². The second kappa shape index (κ2) is 3.64. The summed E-state index contributed by atoms with van der Waals surface area (Å²) in [5.41, 5.74) is -0.781. The fourth-order valence-electron chi connectivity index (χ4n) is 0.885. The maximum Gasteiger partial charge on any atom is 0.419 e. The van der Waals surface area contributed by atoms with Crippen molar-refractivity contribution in [1.29, 1.82) is 0 Å². The molecule has 1 radical (unpaired) electrons. The van der Waals surface area contributed by atoms with Gasteiger partial charge in [-0.25, -0.2) is 4.98 Å². The van der Waals surface area contributed by atoms with E-state index >= 15 is 0 Å². The molecule has 1 aromatic heterocycles. The van der Waals surface area contributed by atoms with E-state index < -0.39 is 11.7 Å². The zero-order valence-corrected chi connectivity index (χ0v) is 6.94. The highest BCUT2D eigenvalue weighted by Crippen LogP contribution is 2.32. The molecule has 2 nitrogen and oxygen atoms in total. The molecule has 1 N–H and O–H groups in total. The van der Waals surface area contributed by atoms with Crippen LogP contribution >= 0.6 is 0 Å². The van der Waals surface area contributed by atoms with Gasteiger partial charge in [0, 0.05) is 18.8 Å². The highest BCUT2D eigenvalue weighted by molar-refractivity contribution is 5.44. The molecule has 5 heteroatoms. The molecular formula is C8H8F3N2. The summed E-state index contributed by atoms with van der Waals surface area (Å²) in [7, 11) is 0.